The number of aromatic nitrogens is 1. The molecule has 0 atom stereocenters. The van der Waals surface area contributed by atoms with Crippen molar-refractivity contribution in [1.82, 2.24) is 4.98 Å². The van der Waals surface area contributed by atoms with Crippen molar-refractivity contribution in [3.8, 4) is 6.07 Å². The fraction of sp³-hybridized carbons (Fsp3) is 0. The molecule has 0 spiro atoms. The highest BCUT2D eigenvalue weighted by Crippen LogP contribution is 2.01. The van der Waals surface area contributed by atoms with Crippen LogP contribution >= 0.6 is 24.8 Å². The predicted molar refractivity (Wildman–Crippen MR) is 51.3 cm³/mol. The number of pyridine rings is 1. The topological polar surface area (TPSA) is 74.7 Å². The SMILES string of the molecule is Cl.Cl.N#Cc1ccc(NN)cn1. The standard InChI is InChI=1S/C6H6N4.2ClH/c7-3-5-1-2-6(10-8)4-9-5;;/h1-2,4,10H,8H2;2*1H. The lowest BCUT2D eigenvalue weighted by Gasteiger charge is -1.95. The van der Waals surface area contributed by atoms with Gasteiger partial charge in [-0.25, -0.2) is 4.98 Å². The van der Waals surface area contributed by atoms with Crippen molar-refractivity contribution >= 4 is 30.5 Å². The van der Waals surface area contributed by atoms with Gasteiger partial charge in [-0.1, -0.05) is 0 Å². The van der Waals surface area contributed by atoms with Crippen molar-refractivity contribution in [2.24, 2.45) is 5.84 Å². The van der Waals surface area contributed by atoms with E-state index in [1.54, 1.807) is 12.1 Å². The highest BCUT2D eigenvalue weighted by Gasteiger charge is 1.89. The molecule has 0 aliphatic carbocycles. The van der Waals surface area contributed by atoms with Crippen LogP contribution in [0.1, 0.15) is 5.69 Å². The first-order chi connectivity index (χ1) is 4.86. The van der Waals surface area contributed by atoms with E-state index in [9.17, 15) is 0 Å². The van der Waals surface area contributed by atoms with Gasteiger partial charge in [-0.3, -0.25) is 5.84 Å². The molecule has 1 heterocycles. The molecule has 0 unspecified atom stereocenters. The number of nitrogen functional groups attached to an aromatic ring is 1. The van der Waals surface area contributed by atoms with Crippen LogP contribution in [0.15, 0.2) is 18.3 Å². The molecule has 0 aromatic carbocycles. The summed E-state index contributed by atoms with van der Waals surface area (Å²) in [7, 11) is 0. The Morgan fingerprint density at radius 3 is 2.42 bits per heavy atom. The summed E-state index contributed by atoms with van der Waals surface area (Å²) in [5.41, 5.74) is 3.49. The van der Waals surface area contributed by atoms with Crippen LogP contribution in [0.3, 0.4) is 0 Å². The summed E-state index contributed by atoms with van der Waals surface area (Å²) in [5.74, 6) is 5.07. The van der Waals surface area contributed by atoms with Gasteiger partial charge in [0, 0.05) is 0 Å². The van der Waals surface area contributed by atoms with Crippen LogP contribution in [0.25, 0.3) is 0 Å². The van der Waals surface area contributed by atoms with E-state index in [4.69, 9.17) is 11.1 Å². The Morgan fingerprint density at radius 2 is 2.08 bits per heavy atom. The van der Waals surface area contributed by atoms with Crippen molar-refractivity contribution in [1.29, 1.82) is 5.26 Å². The quantitative estimate of drug-likeness (QED) is 0.533. The van der Waals surface area contributed by atoms with Crippen LogP contribution in [-0.4, -0.2) is 4.98 Å². The van der Waals surface area contributed by atoms with Crippen LogP contribution < -0.4 is 11.3 Å². The van der Waals surface area contributed by atoms with Crippen LogP contribution in [0.4, 0.5) is 5.69 Å². The summed E-state index contributed by atoms with van der Waals surface area (Å²) in [6.45, 7) is 0. The number of hydrazine groups is 1. The average molecular weight is 207 g/mol. The van der Waals surface area contributed by atoms with E-state index in [2.05, 4.69) is 10.4 Å². The number of rotatable bonds is 1. The molecule has 66 valence electrons. The number of halogens is 2. The van der Waals surface area contributed by atoms with E-state index in [1.807, 2.05) is 6.07 Å². The molecule has 1 aromatic rings. The molecule has 1 rings (SSSR count). The van der Waals surface area contributed by atoms with Crippen LogP contribution in [0.5, 0.6) is 0 Å². The molecule has 4 nitrogen and oxygen atoms in total. The first-order valence-electron chi connectivity index (χ1n) is 2.69. The minimum atomic E-state index is 0. The second-order valence-corrected chi connectivity index (χ2v) is 1.69. The molecule has 0 aliphatic rings. The Kier molecular flexibility index (Phi) is 7.54. The first-order valence-corrected chi connectivity index (χ1v) is 2.69. The van der Waals surface area contributed by atoms with Crippen molar-refractivity contribution in [3.05, 3.63) is 24.0 Å². The Labute approximate surface area is 82.6 Å². The Bertz CT molecular complexity index is 253. The molecule has 0 radical (unpaired) electrons. The summed E-state index contributed by atoms with van der Waals surface area (Å²) in [4.78, 5) is 3.76. The minimum Gasteiger partial charge on any atom is -0.323 e. The third-order valence-corrected chi connectivity index (χ3v) is 1.04. The summed E-state index contributed by atoms with van der Waals surface area (Å²) >= 11 is 0. The maximum atomic E-state index is 8.34. The third kappa shape index (κ3) is 3.39. The van der Waals surface area contributed by atoms with Gasteiger partial charge in [-0.2, -0.15) is 5.26 Å². The van der Waals surface area contributed by atoms with Gasteiger partial charge < -0.3 is 5.43 Å². The highest BCUT2D eigenvalue weighted by molar-refractivity contribution is 5.85. The lowest BCUT2D eigenvalue weighted by atomic mass is 10.3. The van der Waals surface area contributed by atoms with Gasteiger partial charge in [0.05, 0.1) is 11.9 Å². The minimum absolute atomic E-state index is 0. The number of hydrogen-bond acceptors (Lipinski definition) is 4. The third-order valence-electron chi connectivity index (χ3n) is 1.04. The van der Waals surface area contributed by atoms with E-state index < -0.39 is 0 Å². The molecule has 12 heavy (non-hydrogen) atoms. The Balaban J connectivity index is 0. The normalized spacial score (nSPS) is 7.00. The van der Waals surface area contributed by atoms with E-state index >= 15 is 0 Å². The second-order valence-electron chi connectivity index (χ2n) is 1.69. The molecule has 0 saturated carbocycles. The number of nitriles is 1. The predicted octanol–water partition coefficient (Wildman–Crippen LogP) is 1.08. The van der Waals surface area contributed by atoms with E-state index in [0.717, 1.165) is 0 Å². The molecule has 0 aliphatic heterocycles. The van der Waals surface area contributed by atoms with Gasteiger partial charge in [-0.05, 0) is 12.1 Å². The summed E-state index contributed by atoms with van der Waals surface area (Å²) in [6.07, 6.45) is 1.50. The van der Waals surface area contributed by atoms with E-state index in [1.165, 1.54) is 6.20 Å². The molecule has 0 fully saturated rings. The van der Waals surface area contributed by atoms with Gasteiger partial charge in [0.1, 0.15) is 11.8 Å². The average Bonchev–Trinajstić information content (AvgIpc) is 2.05. The van der Waals surface area contributed by atoms with Crippen LogP contribution in [0.2, 0.25) is 0 Å². The maximum Gasteiger partial charge on any atom is 0.140 e. The van der Waals surface area contributed by atoms with Crippen molar-refractivity contribution in [3.63, 3.8) is 0 Å². The second kappa shape index (κ2) is 6.68. The van der Waals surface area contributed by atoms with Crippen molar-refractivity contribution in [2.45, 2.75) is 0 Å². The lowest BCUT2D eigenvalue weighted by Crippen LogP contribution is -2.06. The van der Waals surface area contributed by atoms with Gasteiger partial charge in [-0.15, -0.1) is 24.8 Å². The number of hydrogen-bond donors (Lipinski definition) is 2. The number of anilines is 1. The molecule has 6 heteroatoms. The van der Waals surface area contributed by atoms with Crippen LogP contribution in [0, 0.1) is 11.3 Å². The monoisotopic (exact) mass is 206 g/mol. The number of nitrogens with zero attached hydrogens (tertiary/aromatic N) is 2. The van der Waals surface area contributed by atoms with Gasteiger partial charge >= 0.3 is 0 Å². The summed E-state index contributed by atoms with van der Waals surface area (Å²) < 4.78 is 0. The van der Waals surface area contributed by atoms with Crippen molar-refractivity contribution < 1.29 is 0 Å². The molecule has 3 N–H and O–H groups in total. The van der Waals surface area contributed by atoms with Gasteiger partial charge in [0.2, 0.25) is 0 Å². The van der Waals surface area contributed by atoms with E-state index in [0.29, 0.717) is 11.4 Å². The maximum absolute atomic E-state index is 8.34. The lowest BCUT2D eigenvalue weighted by molar-refractivity contribution is 1.23. The number of nitrogens with one attached hydrogen (secondary N) is 1. The fourth-order valence-corrected chi connectivity index (χ4v) is 0.545. The molecule has 1 aromatic heterocycles. The zero-order valence-electron chi connectivity index (χ0n) is 6.02. The zero-order chi connectivity index (χ0) is 7.40. The molecule has 0 bridgehead atoms. The molecular formula is C6H8Cl2N4. The number of nitrogens with two attached hydrogens (primary N) is 1. The van der Waals surface area contributed by atoms with Gasteiger partial charge in [0.25, 0.3) is 0 Å². The largest absolute Gasteiger partial charge is 0.323 e. The molecule has 0 saturated heterocycles. The fourth-order valence-electron chi connectivity index (χ4n) is 0.545. The highest BCUT2D eigenvalue weighted by atomic mass is 35.5. The zero-order valence-corrected chi connectivity index (χ0v) is 7.65. The summed E-state index contributed by atoms with van der Waals surface area (Å²) in [5, 5.41) is 8.34. The molecule has 0 amide bonds. The first kappa shape index (κ1) is 13.6. The smallest absolute Gasteiger partial charge is 0.140 e. The molecular weight excluding hydrogens is 199 g/mol. The Morgan fingerprint density at radius 1 is 1.42 bits per heavy atom. The summed E-state index contributed by atoms with van der Waals surface area (Å²) in [6, 6.07) is 5.18. The van der Waals surface area contributed by atoms with Gasteiger partial charge in [0.15, 0.2) is 0 Å². The Hall–Kier alpha value is -1.02. The van der Waals surface area contributed by atoms with Crippen LogP contribution in [-0.2, 0) is 0 Å². The van der Waals surface area contributed by atoms with E-state index in [-0.39, 0.29) is 24.8 Å². The van der Waals surface area contributed by atoms with Crippen molar-refractivity contribution in [2.75, 3.05) is 5.43 Å².